The van der Waals surface area contributed by atoms with Gasteiger partial charge in [-0.1, -0.05) is 31.4 Å². The van der Waals surface area contributed by atoms with Gasteiger partial charge in [0.05, 0.1) is 35.6 Å². The summed E-state index contributed by atoms with van der Waals surface area (Å²) >= 11 is 0. The summed E-state index contributed by atoms with van der Waals surface area (Å²) in [7, 11) is 1.56. The van der Waals surface area contributed by atoms with Crippen LogP contribution in [0.3, 0.4) is 0 Å². The van der Waals surface area contributed by atoms with Gasteiger partial charge < -0.3 is 9.64 Å². The Morgan fingerprint density at radius 1 is 0.953 bits per heavy atom. The second-order valence-electron chi connectivity index (χ2n) is 10.7. The van der Waals surface area contributed by atoms with Crippen LogP contribution in [-0.2, 0) is 15.8 Å². The summed E-state index contributed by atoms with van der Waals surface area (Å²) < 4.78 is 45.5. The monoisotopic (exact) mass is 596 g/mol. The molecule has 43 heavy (non-hydrogen) atoms. The number of hydrogen-bond donors (Lipinski definition) is 0. The first-order valence-corrected chi connectivity index (χ1v) is 14.4. The molecule has 0 aromatic heterocycles. The average Bonchev–Trinajstić information content (AvgIpc) is 3.22. The quantitative estimate of drug-likeness (QED) is 0.249. The maximum absolute atomic E-state index is 13.4. The van der Waals surface area contributed by atoms with Crippen molar-refractivity contribution >= 4 is 23.4 Å². The molecule has 0 aliphatic carbocycles. The Bertz CT molecular complexity index is 1440. The topological polar surface area (TPSA) is 93.9 Å². The zero-order chi connectivity index (χ0) is 31.1. The van der Waals surface area contributed by atoms with Crippen LogP contribution in [0.1, 0.15) is 66.9 Å². The Kier molecular flexibility index (Phi) is 10.2. The number of para-hydroxylation sites is 1. The summed E-state index contributed by atoms with van der Waals surface area (Å²) in [5.74, 6) is -0.685. The van der Waals surface area contributed by atoms with E-state index in [0.717, 1.165) is 56.3 Å². The smallest absolute Gasteiger partial charge is 0.417 e. The minimum Gasteiger partial charge on any atom is -0.496 e. The van der Waals surface area contributed by atoms with E-state index in [2.05, 4.69) is 4.90 Å². The van der Waals surface area contributed by atoms with Gasteiger partial charge in [0.2, 0.25) is 0 Å². The summed E-state index contributed by atoms with van der Waals surface area (Å²) in [6, 6.07) is 11.6. The molecule has 2 aromatic carbocycles. The van der Waals surface area contributed by atoms with Gasteiger partial charge >= 0.3 is 6.18 Å². The minimum absolute atomic E-state index is 0.0176. The minimum atomic E-state index is -4.79. The van der Waals surface area contributed by atoms with Crippen LogP contribution in [0.25, 0.3) is 0 Å². The lowest BCUT2D eigenvalue weighted by Gasteiger charge is -2.35. The maximum atomic E-state index is 13.4. The zero-order valence-corrected chi connectivity index (χ0v) is 24.4. The number of piperazine rings is 1. The lowest BCUT2D eigenvalue weighted by Crippen LogP contribution is -2.48. The average molecular weight is 597 g/mol. The number of amides is 3. The lowest BCUT2D eigenvalue weighted by atomic mass is 10.0. The molecule has 2 aromatic rings. The number of benzene rings is 2. The van der Waals surface area contributed by atoms with Crippen LogP contribution in [0.15, 0.2) is 53.6 Å². The number of unbranched alkanes of at least 4 members (excludes halogenated alkanes) is 4. The fourth-order valence-electron chi connectivity index (χ4n) is 5.55. The van der Waals surface area contributed by atoms with Crippen molar-refractivity contribution in [2.24, 2.45) is 0 Å². The molecule has 2 aliphatic heterocycles. The number of carbonyl (C=O) groups excluding carboxylic acids is 3. The SMILES string of the molecule is COc1ccccc1C(=O)N1CCN(CCCCCCCC2=C(C)C(=O)N(c3ccc(C#N)c(C(F)(F)F)c3)C2=O)CC1. The molecular weight excluding hydrogens is 561 g/mol. The standard InChI is InChI=1S/C32H35F3N4O4/c1-22-25(31(42)39(29(22)40)24-14-13-23(21-36)27(20-24)32(33,34)35)10-6-4-3-5-9-15-37-16-18-38(19-17-37)30(41)26-11-7-8-12-28(26)43-2/h7-8,11-14,20H,3-6,9-10,15-19H2,1-2H3. The van der Waals surface area contributed by atoms with Crippen molar-refractivity contribution in [1.29, 1.82) is 5.26 Å². The normalized spacial score (nSPS) is 16.2. The molecule has 0 unspecified atom stereocenters. The van der Waals surface area contributed by atoms with E-state index in [1.165, 1.54) is 19.1 Å². The van der Waals surface area contributed by atoms with E-state index in [4.69, 9.17) is 10.00 Å². The van der Waals surface area contributed by atoms with Crippen molar-refractivity contribution in [2.45, 2.75) is 51.6 Å². The van der Waals surface area contributed by atoms with Gasteiger partial charge in [-0.05, 0) is 63.1 Å². The van der Waals surface area contributed by atoms with Crippen molar-refractivity contribution in [1.82, 2.24) is 9.80 Å². The molecule has 0 N–H and O–H groups in total. The van der Waals surface area contributed by atoms with Crippen molar-refractivity contribution in [3.8, 4) is 11.8 Å². The number of ether oxygens (including phenoxy) is 1. The van der Waals surface area contributed by atoms with Crippen LogP contribution in [0.2, 0.25) is 0 Å². The summed E-state index contributed by atoms with van der Waals surface area (Å²) in [6.07, 6.45) is 0.0878. The van der Waals surface area contributed by atoms with E-state index in [0.29, 0.717) is 48.9 Å². The van der Waals surface area contributed by atoms with Crippen molar-refractivity contribution in [3.05, 3.63) is 70.3 Å². The molecule has 8 nitrogen and oxygen atoms in total. The Hall–Kier alpha value is -4.17. The molecule has 3 amide bonds. The van der Waals surface area contributed by atoms with E-state index in [-0.39, 0.29) is 17.2 Å². The number of nitrogens with zero attached hydrogens (tertiary/aromatic N) is 4. The van der Waals surface area contributed by atoms with Crippen molar-refractivity contribution in [2.75, 3.05) is 44.7 Å². The van der Waals surface area contributed by atoms with Crippen LogP contribution in [0.4, 0.5) is 18.9 Å². The Morgan fingerprint density at radius 3 is 2.30 bits per heavy atom. The Labute approximate surface area is 249 Å². The first-order valence-electron chi connectivity index (χ1n) is 14.4. The van der Waals surface area contributed by atoms with Gasteiger partial charge in [0.25, 0.3) is 17.7 Å². The molecule has 0 radical (unpaired) electrons. The summed E-state index contributed by atoms with van der Waals surface area (Å²) in [6.45, 7) is 5.40. The number of imide groups is 1. The van der Waals surface area contributed by atoms with E-state index in [9.17, 15) is 27.6 Å². The molecule has 0 saturated carbocycles. The Balaban J connectivity index is 1.17. The number of alkyl halides is 3. The number of hydrogen-bond acceptors (Lipinski definition) is 6. The highest BCUT2D eigenvalue weighted by atomic mass is 19.4. The second kappa shape index (κ2) is 13.9. The number of anilines is 1. The number of methoxy groups -OCH3 is 1. The first-order chi connectivity index (χ1) is 20.6. The zero-order valence-electron chi connectivity index (χ0n) is 24.4. The molecule has 11 heteroatoms. The molecule has 0 atom stereocenters. The highest BCUT2D eigenvalue weighted by Crippen LogP contribution is 2.37. The number of rotatable bonds is 11. The van der Waals surface area contributed by atoms with Crippen LogP contribution < -0.4 is 9.64 Å². The second-order valence-corrected chi connectivity index (χ2v) is 10.7. The van der Waals surface area contributed by atoms with Crippen LogP contribution in [0.5, 0.6) is 5.75 Å². The molecule has 0 spiro atoms. The Morgan fingerprint density at radius 2 is 1.63 bits per heavy atom. The molecular formula is C32H35F3N4O4. The molecule has 1 fully saturated rings. The number of nitriles is 1. The summed E-state index contributed by atoms with van der Waals surface area (Å²) in [5, 5.41) is 9.02. The van der Waals surface area contributed by atoms with E-state index < -0.39 is 29.1 Å². The van der Waals surface area contributed by atoms with Crippen LogP contribution in [0, 0.1) is 11.3 Å². The molecule has 4 rings (SSSR count). The fourth-order valence-corrected chi connectivity index (χ4v) is 5.55. The maximum Gasteiger partial charge on any atom is 0.417 e. The highest BCUT2D eigenvalue weighted by molar-refractivity contribution is 6.32. The van der Waals surface area contributed by atoms with E-state index in [1.807, 2.05) is 17.0 Å². The van der Waals surface area contributed by atoms with Crippen molar-refractivity contribution in [3.63, 3.8) is 0 Å². The molecule has 2 heterocycles. The van der Waals surface area contributed by atoms with Gasteiger partial charge in [0.1, 0.15) is 5.75 Å². The molecule has 1 saturated heterocycles. The number of carbonyl (C=O) groups is 3. The predicted octanol–water partition coefficient (Wildman–Crippen LogP) is 5.57. The fraction of sp³-hybridized carbons (Fsp3) is 0.438. The van der Waals surface area contributed by atoms with E-state index >= 15 is 0 Å². The van der Waals surface area contributed by atoms with Gasteiger partial charge in [-0.15, -0.1) is 0 Å². The van der Waals surface area contributed by atoms with Crippen LogP contribution in [-0.4, -0.2) is 67.4 Å². The highest BCUT2D eigenvalue weighted by Gasteiger charge is 2.39. The largest absolute Gasteiger partial charge is 0.496 e. The van der Waals surface area contributed by atoms with E-state index in [1.54, 1.807) is 19.2 Å². The van der Waals surface area contributed by atoms with Crippen LogP contribution >= 0.6 is 0 Å². The van der Waals surface area contributed by atoms with Gasteiger partial charge in [0, 0.05) is 37.3 Å². The third-order valence-corrected chi connectivity index (χ3v) is 8.02. The lowest BCUT2D eigenvalue weighted by molar-refractivity contribution is -0.138. The summed E-state index contributed by atoms with van der Waals surface area (Å²) in [5.41, 5.74) is -0.801. The molecule has 2 aliphatic rings. The van der Waals surface area contributed by atoms with Gasteiger partial charge in [-0.25, -0.2) is 4.90 Å². The van der Waals surface area contributed by atoms with Gasteiger partial charge in [0.15, 0.2) is 0 Å². The molecule has 228 valence electrons. The molecule has 0 bridgehead atoms. The third-order valence-electron chi connectivity index (χ3n) is 8.02. The third kappa shape index (κ3) is 7.25. The predicted molar refractivity (Wildman–Crippen MR) is 154 cm³/mol. The number of halogens is 3. The van der Waals surface area contributed by atoms with Crippen molar-refractivity contribution < 1.29 is 32.3 Å². The van der Waals surface area contributed by atoms with Gasteiger partial charge in [-0.2, -0.15) is 18.4 Å². The first kappa shape index (κ1) is 31.8. The summed E-state index contributed by atoms with van der Waals surface area (Å²) in [4.78, 5) is 43.7. The van der Waals surface area contributed by atoms with Gasteiger partial charge in [-0.3, -0.25) is 19.3 Å².